The van der Waals surface area contributed by atoms with E-state index in [0.717, 1.165) is 37.3 Å². The molecule has 0 unspecified atom stereocenters. The van der Waals surface area contributed by atoms with Gasteiger partial charge in [0.1, 0.15) is 12.1 Å². The summed E-state index contributed by atoms with van der Waals surface area (Å²) in [6.07, 6.45) is -0.537. The molecule has 6 rings (SSSR count). The molecule has 2 aliphatic heterocycles. The molecule has 2 aliphatic rings. The molecule has 0 spiro atoms. The number of piperazine rings is 1. The minimum Gasteiger partial charge on any atom is -0.439 e. The summed E-state index contributed by atoms with van der Waals surface area (Å²) < 4.78 is 46.3. The first kappa shape index (κ1) is 25.8. The fraction of sp³-hybridized carbons (Fsp3) is 0.286. The number of ether oxygens (including phenoxy) is 1. The average molecular weight is 551 g/mol. The van der Waals surface area contributed by atoms with Crippen LogP contribution in [0.15, 0.2) is 67.1 Å². The van der Waals surface area contributed by atoms with Gasteiger partial charge in [0.2, 0.25) is 11.8 Å². The zero-order valence-electron chi connectivity index (χ0n) is 21.4. The van der Waals surface area contributed by atoms with Crippen molar-refractivity contribution in [2.75, 3.05) is 18.4 Å². The number of amides is 2. The summed E-state index contributed by atoms with van der Waals surface area (Å²) in [5.74, 6) is 1.000. The first-order valence-corrected chi connectivity index (χ1v) is 12.7. The van der Waals surface area contributed by atoms with Crippen LogP contribution in [0.3, 0.4) is 0 Å². The number of alkyl halides is 3. The van der Waals surface area contributed by atoms with E-state index < -0.39 is 17.8 Å². The predicted molar refractivity (Wildman–Crippen MR) is 140 cm³/mol. The van der Waals surface area contributed by atoms with Gasteiger partial charge in [0.25, 0.3) is 0 Å². The van der Waals surface area contributed by atoms with Crippen molar-refractivity contribution in [1.82, 2.24) is 24.3 Å². The molecule has 9 nitrogen and oxygen atoms in total. The van der Waals surface area contributed by atoms with Crippen molar-refractivity contribution in [3.8, 4) is 11.6 Å². The van der Waals surface area contributed by atoms with Gasteiger partial charge < -0.3 is 15.0 Å². The Kier molecular flexibility index (Phi) is 6.41. The van der Waals surface area contributed by atoms with Gasteiger partial charge in [0, 0.05) is 62.0 Å². The van der Waals surface area contributed by atoms with Gasteiger partial charge in [-0.05, 0) is 48.9 Å². The number of halogens is 3. The molecule has 0 radical (unpaired) electrons. The molecule has 40 heavy (non-hydrogen) atoms. The number of benzene rings is 2. The van der Waals surface area contributed by atoms with Gasteiger partial charge in [-0.25, -0.2) is 14.8 Å². The second-order valence-corrected chi connectivity index (χ2v) is 10.0. The highest BCUT2D eigenvalue weighted by Crippen LogP contribution is 2.33. The molecular weight excluding hydrogens is 525 g/mol. The van der Waals surface area contributed by atoms with Crippen LogP contribution in [0.1, 0.15) is 24.6 Å². The van der Waals surface area contributed by atoms with E-state index in [-0.39, 0.29) is 17.6 Å². The van der Waals surface area contributed by atoms with Crippen molar-refractivity contribution in [2.45, 2.75) is 38.1 Å². The highest BCUT2D eigenvalue weighted by Gasteiger charge is 2.44. The lowest BCUT2D eigenvalue weighted by molar-refractivity contribution is -0.137. The maximum absolute atomic E-state index is 13.0. The molecule has 4 heterocycles. The number of aromatic nitrogens is 3. The largest absolute Gasteiger partial charge is 0.439 e. The van der Waals surface area contributed by atoms with Crippen molar-refractivity contribution in [3.63, 3.8) is 0 Å². The van der Waals surface area contributed by atoms with Crippen LogP contribution in [-0.4, -0.2) is 61.4 Å². The van der Waals surface area contributed by atoms with Crippen LogP contribution in [0.5, 0.6) is 11.6 Å². The third-order valence-corrected chi connectivity index (χ3v) is 7.37. The van der Waals surface area contributed by atoms with Gasteiger partial charge in [-0.3, -0.25) is 14.3 Å². The van der Waals surface area contributed by atoms with Crippen molar-refractivity contribution in [3.05, 3.63) is 78.4 Å². The summed E-state index contributed by atoms with van der Waals surface area (Å²) in [7, 11) is 0. The third kappa shape index (κ3) is 5.09. The molecule has 2 saturated heterocycles. The van der Waals surface area contributed by atoms with Crippen LogP contribution in [0.25, 0.3) is 10.9 Å². The number of rotatable bonds is 5. The number of hydrogen-bond acceptors (Lipinski definition) is 6. The number of nitrogens with one attached hydrogen (secondary N) is 1. The van der Waals surface area contributed by atoms with E-state index >= 15 is 0 Å². The van der Waals surface area contributed by atoms with Crippen LogP contribution in [-0.2, 0) is 17.5 Å². The van der Waals surface area contributed by atoms with Crippen LogP contribution in [0, 0.1) is 0 Å². The summed E-state index contributed by atoms with van der Waals surface area (Å²) in [6.45, 7) is 3.81. The van der Waals surface area contributed by atoms with Crippen LogP contribution in [0.2, 0.25) is 0 Å². The average Bonchev–Trinajstić information content (AvgIpc) is 3.63. The summed E-state index contributed by atoms with van der Waals surface area (Å²) in [6, 6.07) is 13.1. The van der Waals surface area contributed by atoms with Crippen molar-refractivity contribution >= 4 is 28.5 Å². The third-order valence-electron chi connectivity index (χ3n) is 7.37. The Morgan fingerprint density at radius 2 is 1.90 bits per heavy atom. The molecule has 2 atom stereocenters. The molecule has 2 aromatic carbocycles. The molecule has 0 aliphatic carbocycles. The van der Waals surface area contributed by atoms with E-state index in [0.29, 0.717) is 35.1 Å². The summed E-state index contributed by atoms with van der Waals surface area (Å²) >= 11 is 0. The molecule has 2 fully saturated rings. The number of hydrogen-bond donors (Lipinski definition) is 1. The number of likely N-dealkylation sites (tertiary alicyclic amines) is 2. The molecule has 4 aromatic rings. The Morgan fingerprint density at radius 1 is 1.05 bits per heavy atom. The number of anilines is 1. The Labute approximate surface area is 227 Å². The lowest BCUT2D eigenvalue weighted by atomic mass is 10.2. The lowest BCUT2D eigenvalue weighted by Crippen LogP contribution is -2.47. The summed E-state index contributed by atoms with van der Waals surface area (Å²) in [5.41, 5.74) is 0.568. The van der Waals surface area contributed by atoms with E-state index in [1.54, 1.807) is 37.3 Å². The number of carbonyl (C=O) groups excluding carboxylic acids is 2. The smallest absolute Gasteiger partial charge is 0.416 e. The molecule has 2 amide bonds. The molecule has 0 saturated carbocycles. The lowest BCUT2D eigenvalue weighted by Gasteiger charge is -2.33. The van der Waals surface area contributed by atoms with Gasteiger partial charge in [0.05, 0.1) is 16.8 Å². The van der Waals surface area contributed by atoms with E-state index in [2.05, 4.69) is 20.2 Å². The van der Waals surface area contributed by atoms with Crippen LogP contribution < -0.4 is 10.1 Å². The highest BCUT2D eigenvalue weighted by atomic mass is 19.4. The first-order chi connectivity index (χ1) is 19.1. The zero-order valence-corrected chi connectivity index (χ0v) is 21.4. The second kappa shape index (κ2) is 9.94. The SMILES string of the molecule is CC(=O)N1C[C@@H]2C[C@H]1CN2Cc1cc(Oc2ccc3c(ccn3C(=O)Nc3cccc(C(F)(F)F)c3)c2)ncn1. The molecule has 2 aromatic heterocycles. The van der Waals surface area contributed by atoms with Gasteiger partial charge >= 0.3 is 12.2 Å². The van der Waals surface area contributed by atoms with E-state index in [9.17, 15) is 22.8 Å². The molecule has 12 heteroatoms. The number of nitrogens with zero attached hydrogens (tertiary/aromatic N) is 5. The maximum Gasteiger partial charge on any atom is 0.416 e. The van der Waals surface area contributed by atoms with Crippen LogP contribution in [0.4, 0.5) is 23.7 Å². The number of carbonyl (C=O) groups is 2. The van der Waals surface area contributed by atoms with E-state index in [1.165, 1.54) is 29.2 Å². The standard InChI is InChI=1S/C28H25F3N6O3/c1-17(38)37-15-22-12-23(37)14-35(22)13-21-11-26(33-16-32-21)40-24-5-6-25-18(9-24)7-8-36(25)27(39)34-20-4-2-3-19(10-20)28(29,30)31/h2-11,16,22-23H,12-15H2,1H3,(H,34,39)/t22-,23-/m0/s1. The minimum atomic E-state index is -4.51. The second-order valence-electron chi connectivity index (χ2n) is 10.0. The molecule has 2 bridgehead atoms. The van der Waals surface area contributed by atoms with Gasteiger partial charge in [-0.2, -0.15) is 13.2 Å². The quantitative estimate of drug-likeness (QED) is 0.371. The fourth-order valence-corrected chi connectivity index (χ4v) is 5.49. The van der Waals surface area contributed by atoms with E-state index in [1.807, 2.05) is 4.90 Å². The van der Waals surface area contributed by atoms with Crippen molar-refractivity contribution in [2.24, 2.45) is 0 Å². The highest BCUT2D eigenvalue weighted by molar-refractivity contribution is 5.98. The monoisotopic (exact) mass is 550 g/mol. The van der Waals surface area contributed by atoms with Gasteiger partial charge in [0.15, 0.2) is 0 Å². The predicted octanol–water partition coefficient (Wildman–Crippen LogP) is 5.13. The van der Waals surface area contributed by atoms with E-state index in [4.69, 9.17) is 4.74 Å². The normalized spacial score (nSPS) is 18.9. The van der Waals surface area contributed by atoms with Gasteiger partial charge in [-0.1, -0.05) is 6.07 Å². The Hall–Kier alpha value is -4.45. The molecule has 206 valence electrons. The van der Waals surface area contributed by atoms with Crippen LogP contribution >= 0.6 is 0 Å². The Morgan fingerprint density at radius 3 is 2.65 bits per heavy atom. The topological polar surface area (TPSA) is 92.6 Å². The Balaban J connectivity index is 1.12. The maximum atomic E-state index is 13.0. The zero-order chi connectivity index (χ0) is 28.0. The Bertz CT molecular complexity index is 1600. The summed E-state index contributed by atoms with van der Waals surface area (Å²) in [4.78, 5) is 37.4. The molecule has 1 N–H and O–H groups in total. The van der Waals surface area contributed by atoms with Crippen molar-refractivity contribution in [1.29, 1.82) is 0 Å². The number of fused-ring (bicyclic) bond motifs is 3. The van der Waals surface area contributed by atoms with Crippen molar-refractivity contribution < 1.29 is 27.5 Å². The minimum absolute atomic E-state index is 0.0409. The first-order valence-electron chi connectivity index (χ1n) is 12.7. The summed E-state index contributed by atoms with van der Waals surface area (Å²) in [5, 5.41) is 3.21. The fourth-order valence-electron chi connectivity index (χ4n) is 5.49. The van der Waals surface area contributed by atoms with Gasteiger partial charge in [-0.15, -0.1) is 0 Å². The molecular formula is C28H25F3N6O3.